The third-order valence-corrected chi connectivity index (χ3v) is 4.54. The molecule has 0 aromatic heterocycles. The molecule has 0 amide bonds. The van der Waals surface area contributed by atoms with Gasteiger partial charge in [-0.2, -0.15) is 0 Å². The summed E-state index contributed by atoms with van der Waals surface area (Å²) in [6.07, 6.45) is 9.62. The first-order valence-electron chi connectivity index (χ1n) is 6.58. The van der Waals surface area contributed by atoms with Crippen molar-refractivity contribution in [3.8, 4) is 0 Å². The smallest absolute Gasteiger partial charge is 0.266 e. The molecule has 2 aliphatic rings. The van der Waals surface area contributed by atoms with Crippen LogP contribution in [0.25, 0.3) is 0 Å². The second-order valence-electron chi connectivity index (χ2n) is 5.50. The van der Waals surface area contributed by atoms with Crippen LogP contribution in [0, 0.1) is 22.0 Å². The molecule has 0 aromatic carbocycles. The Morgan fingerprint density at radius 1 is 1.06 bits per heavy atom. The third kappa shape index (κ3) is 2.08. The van der Waals surface area contributed by atoms with Gasteiger partial charge in [0.15, 0.2) is 0 Å². The van der Waals surface area contributed by atoms with E-state index in [2.05, 4.69) is 0 Å². The molecule has 92 valence electrons. The summed E-state index contributed by atoms with van der Waals surface area (Å²) in [5, 5.41) is 11.2. The van der Waals surface area contributed by atoms with E-state index in [-0.39, 0.29) is 10.8 Å². The second-order valence-corrected chi connectivity index (χ2v) is 5.50. The Kier molecular flexibility index (Phi) is 3.47. The van der Waals surface area contributed by atoms with Gasteiger partial charge in [-0.15, -0.1) is 0 Å². The Bertz CT molecular complexity index is 264. The summed E-state index contributed by atoms with van der Waals surface area (Å²) in [5.74, 6) is 0.626. The van der Waals surface area contributed by atoms with Crippen LogP contribution >= 0.6 is 0 Å². The van der Waals surface area contributed by atoms with Crippen molar-refractivity contribution in [2.45, 2.75) is 63.5 Å². The maximum atomic E-state index is 11.2. The van der Waals surface area contributed by atoms with Crippen LogP contribution in [0.1, 0.15) is 57.8 Å². The van der Waals surface area contributed by atoms with E-state index < -0.39 is 5.66 Å². The average Bonchev–Trinajstić information content (AvgIpc) is 2.30. The van der Waals surface area contributed by atoms with Crippen LogP contribution in [-0.2, 0) is 0 Å². The largest absolute Gasteiger partial charge is 0.275 e. The van der Waals surface area contributed by atoms with Crippen molar-refractivity contribution in [2.75, 3.05) is 0 Å². The lowest BCUT2D eigenvalue weighted by molar-refractivity contribution is -0.587. The minimum absolute atomic E-state index is 0.122. The van der Waals surface area contributed by atoms with Crippen LogP contribution in [0.2, 0.25) is 0 Å². The summed E-state index contributed by atoms with van der Waals surface area (Å²) < 4.78 is 0. The molecule has 0 saturated heterocycles. The second kappa shape index (κ2) is 4.70. The van der Waals surface area contributed by atoms with Gasteiger partial charge in [0.25, 0.3) is 5.66 Å². The zero-order valence-electron chi connectivity index (χ0n) is 9.86. The summed E-state index contributed by atoms with van der Waals surface area (Å²) in [6.45, 7) is 0. The summed E-state index contributed by atoms with van der Waals surface area (Å²) in [7, 11) is 0. The molecule has 16 heavy (non-hydrogen) atoms. The van der Waals surface area contributed by atoms with E-state index in [1.807, 2.05) is 0 Å². The minimum Gasteiger partial charge on any atom is -0.266 e. The van der Waals surface area contributed by atoms with E-state index in [0.717, 1.165) is 32.1 Å². The van der Waals surface area contributed by atoms with E-state index in [9.17, 15) is 10.1 Å². The molecule has 2 aliphatic carbocycles. The van der Waals surface area contributed by atoms with E-state index in [1.54, 1.807) is 0 Å². The van der Waals surface area contributed by atoms with Crippen LogP contribution in [-0.4, -0.2) is 10.6 Å². The molecule has 2 atom stereocenters. The number of nitrogens with two attached hydrogens (primary N) is 1. The van der Waals surface area contributed by atoms with Gasteiger partial charge in [0, 0.05) is 17.3 Å². The Labute approximate surface area is 96.7 Å². The fourth-order valence-electron chi connectivity index (χ4n) is 3.61. The predicted octanol–water partition coefficient (Wildman–Crippen LogP) is 2.69. The molecule has 4 nitrogen and oxygen atoms in total. The summed E-state index contributed by atoms with van der Waals surface area (Å²) in [6, 6.07) is 0. The van der Waals surface area contributed by atoms with Crippen LogP contribution in [0.15, 0.2) is 0 Å². The molecule has 0 aromatic rings. The van der Waals surface area contributed by atoms with Gasteiger partial charge in [-0.1, -0.05) is 25.7 Å². The molecule has 2 fully saturated rings. The van der Waals surface area contributed by atoms with Gasteiger partial charge in [0.2, 0.25) is 0 Å². The lowest BCUT2D eigenvalue weighted by atomic mass is 9.68. The lowest BCUT2D eigenvalue weighted by Crippen LogP contribution is -2.57. The normalized spacial score (nSPS) is 37.2. The van der Waals surface area contributed by atoms with Crippen molar-refractivity contribution in [2.24, 2.45) is 17.6 Å². The maximum absolute atomic E-state index is 11.2. The molecule has 2 rings (SSSR count). The van der Waals surface area contributed by atoms with Gasteiger partial charge in [0.05, 0.1) is 0 Å². The summed E-state index contributed by atoms with van der Waals surface area (Å²) >= 11 is 0. The van der Waals surface area contributed by atoms with Crippen molar-refractivity contribution in [3.05, 3.63) is 10.1 Å². The van der Waals surface area contributed by atoms with Crippen LogP contribution in [0.4, 0.5) is 0 Å². The van der Waals surface area contributed by atoms with Crippen LogP contribution in [0.5, 0.6) is 0 Å². The zero-order chi connectivity index (χ0) is 11.6. The van der Waals surface area contributed by atoms with Gasteiger partial charge in [-0.25, -0.2) is 0 Å². The highest BCUT2D eigenvalue weighted by Gasteiger charge is 2.51. The zero-order valence-corrected chi connectivity index (χ0v) is 9.86. The SMILES string of the molecule is NC1([N+](=O)[O-])CCCCC1C1CCCCC1. The maximum Gasteiger partial charge on any atom is 0.275 e. The molecule has 2 saturated carbocycles. The topological polar surface area (TPSA) is 69.2 Å². The molecular weight excluding hydrogens is 204 g/mol. The number of hydrogen-bond donors (Lipinski definition) is 1. The first-order valence-corrected chi connectivity index (χ1v) is 6.58. The molecule has 0 heterocycles. The first kappa shape index (κ1) is 11.8. The highest BCUT2D eigenvalue weighted by molar-refractivity contribution is 4.90. The number of rotatable bonds is 2. The van der Waals surface area contributed by atoms with Crippen molar-refractivity contribution in [3.63, 3.8) is 0 Å². The molecular formula is C12H22N2O2. The van der Waals surface area contributed by atoms with Crippen LogP contribution < -0.4 is 5.73 Å². The highest BCUT2D eigenvalue weighted by Crippen LogP contribution is 2.42. The standard InChI is InChI=1S/C12H22N2O2/c13-12(14(15)16)9-5-4-8-11(12)10-6-2-1-3-7-10/h10-11H,1-9,13H2. The monoisotopic (exact) mass is 226 g/mol. The number of nitro groups is 1. The lowest BCUT2D eigenvalue weighted by Gasteiger charge is -2.39. The number of hydrogen-bond acceptors (Lipinski definition) is 3. The van der Waals surface area contributed by atoms with Gasteiger partial charge in [-0.05, 0) is 31.6 Å². The average molecular weight is 226 g/mol. The molecule has 2 unspecified atom stereocenters. The molecule has 2 N–H and O–H groups in total. The molecule has 4 heteroatoms. The van der Waals surface area contributed by atoms with E-state index in [4.69, 9.17) is 5.73 Å². The van der Waals surface area contributed by atoms with Crippen molar-refractivity contribution in [1.82, 2.24) is 0 Å². The van der Waals surface area contributed by atoms with E-state index >= 15 is 0 Å². The van der Waals surface area contributed by atoms with E-state index in [0.29, 0.717) is 12.3 Å². The van der Waals surface area contributed by atoms with Crippen molar-refractivity contribution >= 4 is 0 Å². The molecule has 0 radical (unpaired) electrons. The molecule has 0 bridgehead atoms. The number of nitrogens with zero attached hydrogens (tertiary/aromatic N) is 1. The van der Waals surface area contributed by atoms with E-state index in [1.165, 1.54) is 19.3 Å². The van der Waals surface area contributed by atoms with Crippen molar-refractivity contribution in [1.29, 1.82) is 0 Å². The van der Waals surface area contributed by atoms with Gasteiger partial charge >= 0.3 is 0 Å². The van der Waals surface area contributed by atoms with Gasteiger partial charge < -0.3 is 0 Å². The van der Waals surface area contributed by atoms with Crippen LogP contribution in [0.3, 0.4) is 0 Å². The fourth-order valence-corrected chi connectivity index (χ4v) is 3.61. The third-order valence-electron chi connectivity index (χ3n) is 4.54. The minimum atomic E-state index is -1.12. The van der Waals surface area contributed by atoms with Gasteiger partial charge in [0.1, 0.15) is 0 Å². The Hall–Kier alpha value is -0.640. The Morgan fingerprint density at radius 3 is 2.31 bits per heavy atom. The molecule has 0 aliphatic heterocycles. The predicted molar refractivity (Wildman–Crippen MR) is 62.4 cm³/mol. The Morgan fingerprint density at radius 2 is 1.69 bits per heavy atom. The fraction of sp³-hybridized carbons (Fsp3) is 1.00. The molecule has 0 spiro atoms. The highest BCUT2D eigenvalue weighted by atomic mass is 16.6. The van der Waals surface area contributed by atoms with Crippen molar-refractivity contribution < 1.29 is 4.92 Å². The van der Waals surface area contributed by atoms with Gasteiger partial charge in [-0.3, -0.25) is 15.8 Å². The quantitative estimate of drug-likeness (QED) is 0.447. The summed E-state index contributed by atoms with van der Waals surface area (Å²) in [4.78, 5) is 11.0. The Balaban J connectivity index is 2.12. The summed E-state index contributed by atoms with van der Waals surface area (Å²) in [5.41, 5.74) is 4.95. The first-order chi connectivity index (χ1) is 7.64.